The first-order valence-electron chi connectivity index (χ1n) is 8.38. The highest BCUT2D eigenvalue weighted by atomic mass is 16.5. The van der Waals surface area contributed by atoms with Crippen LogP contribution in [0.15, 0.2) is 33.8 Å². The number of hydrogen-bond acceptors (Lipinski definition) is 4. The Morgan fingerprint density at radius 3 is 2.60 bits per heavy atom. The van der Waals surface area contributed by atoms with Gasteiger partial charge >= 0.3 is 0 Å². The quantitative estimate of drug-likeness (QED) is 0.740. The smallest absolute Gasteiger partial charge is 0.275 e. The fraction of sp³-hybridized carbons (Fsp3) is 0.389. The predicted molar refractivity (Wildman–Crippen MR) is 94.6 cm³/mol. The number of hydrogen-bond donors (Lipinski definition) is 1. The van der Waals surface area contributed by atoms with Gasteiger partial charge in [-0.05, 0) is 32.9 Å². The van der Waals surface area contributed by atoms with Crippen molar-refractivity contribution in [2.75, 3.05) is 6.54 Å². The number of pyridine rings is 1. The zero-order valence-electron chi connectivity index (χ0n) is 14.7. The molecule has 0 fully saturated rings. The summed E-state index contributed by atoms with van der Waals surface area (Å²) >= 11 is 0. The van der Waals surface area contributed by atoms with Crippen LogP contribution in [0.25, 0.3) is 10.9 Å². The third-order valence-electron chi connectivity index (χ3n) is 4.43. The van der Waals surface area contributed by atoms with Crippen LogP contribution in [0, 0.1) is 13.8 Å². The molecule has 3 aromatic heterocycles. The molecule has 0 aromatic carbocycles. The van der Waals surface area contributed by atoms with E-state index in [1.54, 1.807) is 17.7 Å². The lowest BCUT2D eigenvalue weighted by molar-refractivity contribution is -0.120. The molecule has 0 saturated carbocycles. The Kier molecular flexibility index (Phi) is 4.74. The molecule has 132 valence electrons. The lowest BCUT2D eigenvalue weighted by Crippen LogP contribution is -2.32. The number of aromatic nitrogens is 3. The molecule has 3 rings (SSSR count). The fourth-order valence-electron chi connectivity index (χ4n) is 2.98. The molecule has 7 nitrogen and oxygen atoms in total. The van der Waals surface area contributed by atoms with E-state index < -0.39 is 0 Å². The number of carbonyl (C=O) groups is 1. The predicted octanol–water partition coefficient (Wildman–Crippen LogP) is 1.79. The Hall–Kier alpha value is -2.83. The Balaban J connectivity index is 1.64. The summed E-state index contributed by atoms with van der Waals surface area (Å²) in [5.41, 5.74) is 2.21. The zero-order valence-corrected chi connectivity index (χ0v) is 14.7. The van der Waals surface area contributed by atoms with E-state index in [2.05, 4.69) is 10.5 Å². The number of nitrogens with zero attached hydrogens (tertiary/aromatic N) is 3. The van der Waals surface area contributed by atoms with Crippen LogP contribution in [0.4, 0.5) is 0 Å². The molecule has 0 radical (unpaired) electrons. The van der Waals surface area contributed by atoms with E-state index in [1.807, 2.05) is 36.7 Å². The summed E-state index contributed by atoms with van der Waals surface area (Å²) < 4.78 is 8.63. The minimum Gasteiger partial charge on any atom is -0.361 e. The molecule has 0 atom stereocenters. The van der Waals surface area contributed by atoms with E-state index >= 15 is 0 Å². The maximum atomic E-state index is 12.6. The second kappa shape index (κ2) is 6.96. The molecule has 3 heterocycles. The number of rotatable bonds is 6. The average molecular weight is 342 g/mol. The fourth-order valence-corrected chi connectivity index (χ4v) is 2.98. The molecule has 7 heteroatoms. The van der Waals surface area contributed by atoms with E-state index in [0.29, 0.717) is 24.4 Å². The molecular formula is C18H22N4O3. The number of nitrogens with one attached hydrogen (secondary N) is 1. The van der Waals surface area contributed by atoms with Crippen molar-refractivity contribution < 1.29 is 9.32 Å². The van der Waals surface area contributed by atoms with E-state index in [0.717, 1.165) is 23.2 Å². The summed E-state index contributed by atoms with van der Waals surface area (Å²) in [5, 5.41) is 7.63. The maximum Gasteiger partial charge on any atom is 0.275 e. The molecule has 25 heavy (non-hydrogen) atoms. The van der Waals surface area contributed by atoms with E-state index in [9.17, 15) is 9.59 Å². The number of fused-ring (bicyclic) bond motifs is 1. The maximum absolute atomic E-state index is 12.6. The van der Waals surface area contributed by atoms with Gasteiger partial charge in [0.15, 0.2) is 0 Å². The van der Waals surface area contributed by atoms with Crippen LogP contribution >= 0.6 is 0 Å². The molecule has 0 saturated heterocycles. The van der Waals surface area contributed by atoms with Crippen LogP contribution in [0.3, 0.4) is 0 Å². The minimum absolute atomic E-state index is 0.0377. The van der Waals surface area contributed by atoms with Crippen LogP contribution in [-0.2, 0) is 24.3 Å². The van der Waals surface area contributed by atoms with Gasteiger partial charge in [0.1, 0.15) is 11.3 Å². The summed E-state index contributed by atoms with van der Waals surface area (Å²) in [5.74, 6) is 0.551. The van der Waals surface area contributed by atoms with Crippen LogP contribution in [0.5, 0.6) is 0 Å². The molecule has 0 spiro atoms. The number of aryl methyl sites for hydroxylation is 3. The van der Waals surface area contributed by atoms with Gasteiger partial charge in [-0.1, -0.05) is 5.16 Å². The molecule has 3 aromatic rings. The summed E-state index contributed by atoms with van der Waals surface area (Å²) in [7, 11) is 0. The van der Waals surface area contributed by atoms with Gasteiger partial charge in [0.25, 0.3) is 5.56 Å². The van der Waals surface area contributed by atoms with Crippen LogP contribution in [0.1, 0.15) is 23.9 Å². The van der Waals surface area contributed by atoms with Crippen molar-refractivity contribution in [1.82, 2.24) is 19.6 Å². The van der Waals surface area contributed by atoms with Gasteiger partial charge in [0, 0.05) is 43.0 Å². The molecular weight excluding hydrogens is 320 g/mol. The number of carbonyl (C=O) groups excluding carboxylic acids is 1. The molecule has 0 bridgehead atoms. The summed E-state index contributed by atoms with van der Waals surface area (Å²) in [6, 6.07) is 3.87. The number of amides is 1. The first-order chi connectivity index (χ1) is 12.0. The Morgan fingerprint density at radius 2 is 1.96 bits per heavy atom. The van der Waals surface area contributed by atoms with E-state index in [-0.39, 0.29) is 17.9 Å². The van der Waals surface area contributed by atoms with Gasteiger partial charge in [-0.2, -0.15) is 0 Å². The van der Waals surface area contributed by atoms with Gasteiger partial charge < -0.3 is 19.0 Å². The van der Waals surface area contributed by atoms with Gasteiger partial charge in [-0.3, -0.25) is 9.59 Å². The molecule has 0 aliphatic rings. The van der Waals surface area contributed by atoms with Crippen molar-refractivity contribution in [3.63, 3.8) is 0 Å². The van der Waals surface area contributed by atoms with Gasteiger partial charge in [0.05, 0.1) is 12.1 Å². The summed E-state index contributed by atoms with van der Waals surface area (Å²) in [4.78, 5) is 24.7. The van der Waals surface area contributed by atoms with Crippen LogP contribution in [0.2, 0.25) is 0 Å². The first kappa shape index (κ1) is 17.0. The van der Waals surface area contributed by atoms with Gasteiger partial charge in [-0.25, -0.2) is 0 Å². The summed E-state index contributed by atoms with van der Waals surface area (Å²) in [6.07, 6.45) is 3.92. The van der Waals surface area contributed by atoms with Gasteiger partial charge in [-0.15, -0.1) is 0 Å². The topological polar surface area (TPSA) is 82.1 Å². The van der Waals surface area contributed by atoms with Crippen LogP contribution in [-0.4, -0.2) is 26.7 Å². The van der Waals surface area contributed by atoms with Crippen molar-refractivity contribution in [3.8, 4) is 0 Å². The largest absolute Gasteiger partial charge is 0.361 e. The van der Waals surface area contributed by atoms with Crippen molar-refractivity contribution in [1.29, 1.82) is 0 Å². The molecule has 1 N–H and O–H groups in total. The lowest BCUT2D eigenvalue weighted by atomic mass is 10.1. The normalized spacial score (nSPS) is 11.2. The second-order valence-corrected chi connectivity index (χ2v) is 6.05. The highest BCUT2D eigenvalue weighted by molar-refractivity contribution is 5.79. The zero-order chi connectivity index (χ0) is 18.0. The van der Waals surface area contributed by atoms with Crippen molar-refractivity contribution >= 4 is 16.8 Å². The minimum atomic E-state index is -0.111. The third kappa shape index (κ3) is 3.35. The van der Waals surface area contributed by atoms with Crippen molar-refractivity contribution in [2.45, 2.75) is 40.3 Å². The Bertz CT molecular complexity index is 945. The van der Waals surface area contributed by atoms with Crippen molar-refractivity contribution in [3.05, 3.63) is 51.9 Å². The van der Waals surface area contributed by atoms with Crippen LogP contribution < -0.4 is 10.9 Å². The van der Waals surface area contributed by atoms with Gasteiger partial charge in [0.2, 0.25) is 5.91 Å². The van der Waals surface area contributed by atoms with Crippen molar-refractivity contribution in [2.24, 2.45) is 0 Å². The monoisotopic (exact) mass is 342 g/mol. The second-order valence-electron chi connectivity index (χ2n) is 6.05. The molecule has 0 aliphatic carbocycles. The average Bonchev–Trinajstić information content (AvgIpc) is 3.15. The highest BCUT2D eigenvalue weighted by Crippen LogP contribution is 2.13. The highest BCUT2D eigenvalue weighted by Gasteiger charge is 2.13. The molecule has 1 amide bonds. The van der Waals surface area contributed by atoms with E-state index in [4.69, 9.17) is 4.52 Å². The lowest BCUT2D eigenvalue weighted by Gasteiger charge is -2.09. The first-order valence-corrected chi connectivity index (χ1v) is 8.38. The summed E-state index contributed by atoms with van der Waals surface area (Å²) in [6.45, 7) is 7.18. The Morgan fingerprint density at radius 1 is 1.24 bits per heavy atom. The Labute approximate surface area is 145 Å². The molecule has 0 unspecified atom stereocenters. The molecule has 0 aliphatic heterocycles. The van der Waals surface area contributed by atoms with E-state index in [1.165, 1.54) is 0 Å². The third-order valence-corrected chi connectivity index (χ3v) is 4.43. The standard InChI is InChI=1S/C18H22N4O3/c1-4-21-8-5-14-6-9-22(18(24)17(14)21)10-7-19-16(23)11-15-12(2)20-25-13(15)3/h5-6,8-9H,4,7,10-11H2,1-3H3,(H,19,23). The SMILES string of the molecule is CCn1ccc2ccn(CCNC(=O)Cc3c(C)noc3C)c(=O)c21.